The number of amides is 1. The van der Waals surface area contributed by atoms with Gasteiger partial charge in [-0.25, -0.2) is 4.98 Å². The first-order chi connectivity index (χ1) is 14.8. The quantitative estimate of drug-likeness (QED) is 0.415. The SMILES string of the molecule is O=C(c1ccc(-c2ccccc2)cc1)N(CC1CCCO1)c1nc2ccccc2s1. The average molecular weight is 415 g/mol. The van der Waals surface area contributed by atoms with Crippen LogP contribution in [-0.2, 0) is 4.74 Å². The summed E-state index contributed by atoms with van der Waals surface area (Å²) in [5.41, 5.74) is 3.81. The summed E-state index contributed by atoms with van der Waals surface area (Å²) in [6.07, 6.45) is 2.07. The van der Waals surface area contributed by atoms with E-state index in [-0.39, 0.29) is 12.0 Å². The Morgan fingerprint density at radius 1 is 0.967 bits per heavy atom. The van der Waals surface area contributed by atoms with Crippen molar-refractivity contribution >= 4 is 32.6 Å². The van der Waals surface area contributed by atoms with Gasteiger partial charge in [-0.2, -0.15) is 0 Å². The molecule has 0 N–H and O–H groups in total. The van der Waals surface area contributed by atoms with Crippen molar-refractivity contribution in [2.24, 2.45) is 0 Å². The molecular weight excluding hydrogens is 392 g/mol. The van der Waals surface area contributed by atoms with Crippen molar-refractivity contribution in [3.63, 3.8) is 0 Å². The Hall–Kier alpha value is -3.02. The summed E-state index contributed by atoms with van der Waals surface area (Å²) in [6.45, 7) is 1.29. The lowest BCUT2D eigenvalue weighted by atomic mass is 10.0. The van der Waals surface area contributed by atoms with Gasteiger partial charge in [-0.1, -0.05) is 65.9 Å². The first-order valence-electron chi connectivity index (χ1n) is 10.2. The molecule has 30 heavy (non-hydrogen) atoms. The third kappa shape index (κ3) is 3.86. The van der Waals surface area contributed by atoms with Gasteiger partial charge in [-0.3, -0.25) is 9.69 Å². The third-order valence-corrected chi connectivity index (χ3v) is 6.47. The van der Waals surface area contributed by atoms with E-state index < -0.39 is 0 Å². The van der Waals surface area contributed by atoms with Gasteiger partial charge >= 0.3 is 0 Å². The maximum absolute atomic E-state index is 13.5. The molecule has 0 spiro atoms. The number of aromatic nitrogens is 1. The maximum atomic E-state index is 13.5. The van der Waals surface area contributed by atoms with E-state index >= 15 is 0 Å². The molecule has 1 unspecified atom stereocenters. The largest absolute Gasteiger partial charge is 0.376 e. The highest BCUT2D eigenvalue weighted by Gasteiger charge is 2.27. The molecule has 5 rings (SSSR count). The summed E-state index contributed by atoms with van der Waals surface area (Å²) < 4.78 is 6.91. The Labute approximate surface area is 179 Å². The van der Waals surface area contributed by atoms with Crippen LogP contribution in [-0.4, -0.2) is 30.1 Å². The summed E-state index contributed by atoms with van der Waals surface area (Å²) in [4.78, 5) is 20.0. The molecule has 1 atom stereocenters. The number of rotatable bonds is 5. The van der Waals surface area contributed by atoms with Crippen molar-refractivity contribution in [3.05, 3.63) is 84.4 Å². The van der Waals surface area contributed by atoms with Crippen molar-refractivity contribution in [2.75, 3.05) is 18.1 Å². The topological polar surface area (TPSA) is 42.4 Å². The van der Waals surface area contributed by atoms with Crippen LogP contribution in [0.15, 0.2) is 78.9 Å². The van der Waals surface area contributed by atoms with Crippen molar-refractivity contribution in [1.29, 1.82) is 0 Å². The van der Waals surface area contributed by atoms with E-state index in [1.54, 1.807) is 16.2 Å². The highest BCUT2D eigenvalue weighted by Crippen LogP contribution is 2.31. The zero-order valence-electron chi connectivity index (χ0n) is 16.5. The normalized spacial score (nSPS) is 16.1. The molecule has 0 aliphatic carbocycles. The van der Waals surface area contributed by atoms with E-state index in [9.17, 15) is 4.79 Å². The summed E-state index contributed by atoms with van der Waals surface area (Å²) in [6, 6.07) is 26.0. The molecule has 0 bridgehead atoms. The van der Waals surface area contributed by atoms with Crippen LogP contribution in [0.25, 0.3) is 21.3 Å². The van der Waals surface area contributed by atoms with Gasteiger partial charge in [0.15, 0.2) is 5.13 Å². The van der Waals surface area contributed by atoms with Crippen molar-refractivity contribution < 1.29 is 9.53 Å². The lowest BCUT2D eigenvalue weighted by Crippen LogP contribution is -2.37. The number of hydrogen-bond acceptors (Lipinski definition) is 4. The summed E-state index contributed by atoms with van der Waals surface area (Å²) in [7, 11) is 0. The first kappa shape index (κ1) is 19.0. The zero-order chi connectivity index (χ0) is 20.3. The fourth-order valence-electron chi connectivity index (χ4n) is 3.81. The van der Waals surface area contributed by atoms with Crippen LogP contribution in [0, 0.1) is 0 Å². The molecule has 0 radical (unpaired) electrons. The van der Waals surface area contributed by atoms with Crippen LogP contribution >= 0.6 is 11.3 Å². The van der Waals surface area contributed by atoms with Gasteiger partial charge in [0.05, 0.1) is 22.9 Å². The molecule has 150 valence electrons. The number of benzene rings is 3. The van der Waals surface area contributed by atoms with Gasteiger partial charge in [0.2, 0.25) is 0 Å². The minimum atomic E-state index is -0.0378. The second-order valence-corrected chi connectivity index (χ2v) is 8.47. The highest BCUT2D eigenvalue weighted by atomic mass is 32.1. The molecule has 1 aliphatic heterocycles. The third-order valence-electron chi connectivity index (χ3n) is 5.41. The zero-order valence-corrected chi connectivity index (χ0v) is 17.3. The molecule has 1 saturated heterocycles. The monoisotopic (exact) mass is 414 g/mol. The van der Waals surface area contributed by atoms with Gasteiger partial charge in [0, 0.05) is 12.2 Å². The number of fused-ring (bicyclic) bond motifs is 1. The van der Waals surface area contributed by atoms with Crippen LogP contribution in [0.2, 0.25) is 0 Å². The molecule has 3 aromatic carbocycles. The fraction of sp³-hybridized carbons (Fsp3) is 0.200. The number of anilines is 1. The Morgan fingerprint density at radius 3 is 2.43 bits per heavy atom. The second-order valence-electron chi connectivity index (χ2n) is 7.46. The molecule has 1 fully saturated rings. The Morgan fingerprint density at radius 2 is 1.70 bits per heavy atom. The van der Waals surface area contributed by atoms with Crippen molar-refractivity contribution in [1.82, 2.24) is 4.98 Å². The molecular formula is C25H22N2O2S. The van der Waals surface area contributed by atoms with E-state index in [4.69, 9.17) is 9.72 Å². The first-order valence-corrected chi connectivity index (χ1v) is 11.0. The molecule has 2 heterocycles. The van der Waals surface area contributed by atoms with Crippen molar-refractivity contribution in [2.45, 2.75) is 18.9 Å². The van der Waals surface area contributed by atoms with Crippen LogP contribution in [0.3, 0.4) is 0 Å². The van der Waals surface area contributed by atoms with Gasteiger partial charge in [0.1, 0.15) is 0 Å². The number of nitrogens with zero attached hydrogens (tertiary/aromatic N) is 2. The van der Waals surface area contributed by atoms with Gasteiger partial charge in [-0.05, 0) is 48.2 Å². The van der Waals surface area contributed by atoms with Crippen molar-refractivity contribution in [3.8, 4) is 11.1 Å². The molecule has 5 heteroatoms. The number of carbonyl (C=O) groups excluding carboxylic acids is 1. The molecule has 4 nitrogen and oxygen atoms in total. The summed E-state index contributed by atoms with van der Waals surface area (Å²) >= 11 is 1.55. The van der Waals surface area contributed by atoms with E-state index in [1.165, 1.54) is 0 Å². The average Bonchev–Trinajstić information content (AvgIpc) is 3.47. The Balaban J connectivity index is 1.46. The Kier molecular flexibility index (Phi) is 5.30. The number of hydrogen-bond donors (Lipinski definition) is 0. The predicted octanol–water partition coefficient (Wildman–Crippen LogP) is 5.79. The van der Waals surface area contributed by atoms with Crippen LogP contribution in [0.5, 0.6) is 0 Å². The number of ether oxygens (including phenoxy) is 1. The molecule has 4 aromatic rings. The Bertz CT molecular complexity index is 1120. The summed E-state index contributed by atoms with van der Waals surface area (Å²) in [5, 5.41) is 0.726. The molecule has 1 amide bonds. The van der Waals surface area contributed by atoms with E-state index in [0.717, 1.165) is 45.9 Å². The van der Waals surface area contributed by atoms with Crippen LogP contribution in [0.4, 0.5) is 5.13 Å². The van der Waals surface area contributed by atoms with Crippen LogP contribution in [0.1, 0.15) is 23.2 Å². The number of carbonyl (C=O) groups is 1. The fourth-order valence-corrected chi connectivity index (χ4v) is 4.78. The van der Waals surface area contributed by atoms with Gasteiger partial charge in [-0.15, -0.1) is 0 Å². The predicted molar refractivity (Wildman–Crippen MR) is 122 cm³/mol. The lowest BCUT2D eigenvalue weighted by molar-refractivity contribution is 0.0917. The van der Waals surface area contributed by atoms with E-state index in [2.05, 4.69) is 12.1 Å². The van der Waals surface area contributed by atoms with E-state index in [1.807, 2.05) is 66.7 Å². The molecule has 1 aromatic heterocycles. The highest BCUT2D eigenvalue weighted by molar-refractivity contribution is 7.22. The minimum Gasteiger partial charge on any atom is -0.376 e. The molecule has 0 saturated carbocycles. The minimum absolute atomic E-state index is 0.0378. The maximum Gasteiger partial charge on any atom is 0.260 e. The van der Waals surface area contributed by atoms with Gasteiger partial charge in [0.25, 0.3) is 5.91 Å². The summed E-state index contributed by atoms with van der Waals surface area (Å²) in [5.74, 6) is -0.0378. The number of thiazole rings is 1. The van der Waals surface area contributed by atoms with Gasteiger partial charge < -0.3 is 4.74 Å². The number of para-hydroxylation sites is 1. The van der Waals surface area contributed by atoms with E-state index in [0.29, 0.717) is 12.1 Å². The smallest absolute Gasteiger partial charge is 0.260 e. The lowest BCUT2D eigenvalue weighted by Gasteiger charge is -2.23. The molecule has 1 aliphatic rings. The standard InChI is InChI=1S/C25H22N2O2S/c28-24(20-14-12-19(13-15-20)18-7-2-1-3-8-18)27(17-21-9-6-16-29-21)25-26-22-10-4-5-11-23(22)30-25/h1-5,7-8,10-15,21H,6,9,16-17H2. The van der Waals surface area contributed by atoms with Crippen LogP contribution < -0.4 is 4.90 Å². The second kappa shape index (κ2) is 8.38.